The van der Waals surface area contributed by atoms with Gasteiger partial charge in [0.1, 0.15) is 0 Å². The van der Waals surface area contributed by atoms with E-state index in [0.29, 0.717) is 11.5 Å². The predicted octanol–water partition coefficient (Wildman–Crippen LogP) is 1.99. The van der Waals surface area contributed by atoms with Gasteiger partial charge in [0.25, 0.3) is 5.91 Å². The lowest BCUT2D eigenvalue weighted by Crippen LogP contribution is -2.24. The Morgan fingerprint density at radius 3 is 2.94 bits per heavy atom. The largest absolute Gasteiger partial charge is 0.478 e. The molecule has 2 rings (SSSR count). The molecule has 0 bridgehead atoms. The third-order valence-electron chi connectivity index (χ3n) is 2.52. The second-order valence-electron chi connectivity index (χ2n) is 4.06. The molecular weight excluding hydrogens is 238 g/mol. The zero-order chi connectivity index (χ0) is 12.3. The summed E-state index contributed by atoms with van der Waals surface area (Å²) < 4.78 is 0. The molecule has 17 heavy (non-hydrogen) atoms. The van der Waals surface area contributed by atoms with Crippen molar-refractivity contribution in [3.8, 4) is 0 Å². The molecule has 0 radical (unpaired) electrons. The van der Waals surface area contributed by atoms with Crippen LogP contribution in [0, 0.1) is 5.92 Å². The molecule has 0 atom stereocenters. The van der Waals surface area contributed by atoms with Crippen molar-refractivity contribution >= 4 is 29.3 Å². The van der Waals surface area contributed by atoms with Gasteiger partial charge >= 0.3 is 5.97 Å². The molecule has 0 saturated heterocycles. The molecular formula is C12H13NO3S. The molecule has 1 heterocycles. The molecule has 1 fully saturated rings. The van der Waals surface area contributed by atoms with Crippen LogP contribution in [0.2, 0.25) is 0 Å². The van der Waals surface area contributed by atoms with Crippen LogP contribution in [0.4, 0.5) is 0 Å². The van der Waals surface area contributed by atoms with Crippen LogP contribution in [0.15, 0.2) is 17.5 Å². The number of aliphatic carboxylic acids is 1. The fourth-order valence-electron chi connectivity index (χ4n) is 1.37. The van der Waals surface area contributed by atoms with Gasteiger partial charge in [0.2, 0.25) is 0 Å². The lowest BCUT2D eigenvalue weighted by molar-refractivity contribution is -0.131. The van der Waals surface area contributed by atoms with Crippen LogP contribution in [-0.4, -0.2) is 23.5 Å². The molecule has 2 N–H and O–H groups in total. The van der Waals surface area contributed by atoms with Gasteiger partial charge in [0.05, 0.1) is 5.56 Å². The van der Waals surface area contributed by atoms with Gasteiger partial charge in [-0.05, 0) is 30.9 Å². The van der Waals surface area contributed by atoms with Gasteiger partial charge in [-0.15, -0.1) is 11.3 Å². The average molecular weight is 251 g/mol. The van der Waals surface area contributed by atoms with Gasteiger partial charge in [-0.2, -0.15) is 0 Å². The number of nitrogens with one attached hydrogen (secondary N) is 1. The van der Waals surface area contributed by atoms with Crippen LogP contribution in [0.1, 0.15) is 28.1 Å². The summed E-state index contributed by atoms with van der Waals surface area (Å²) in [4.78, 5) is 22.8. The highest BCUT2D eigenvalue weighted by Crippen LogP contribution is 2.27. The maximum Gasteiger partial charge on any atom is 0.328 e. The third-order valence-corrected chi connectivity index (χ3v) is 3.42. The molecule has 1 aliphatic rings. The fourth-order valence-corrected chi connectivity index (χ4v) is 2.15. The second kappa shape index (κ2) is 5.14. The highest BCUT2D eigenvalue weighted by molar-refractivity contribution is 7.11. The van der Waals surface area contributed by atoms with Crippen molar-refractivity contribution in [2.75, 3.05) is 6.54 Å². The lowest BCUT2D eigenvalue weighted by atomic mass is 10.2. The SMILES string of the molecule is O=C(O)C=Cc1cc(C(=O)NCC2CC2)cs1. The number of rotatable bonds is 5. The summed E-state index contributed by atoms with van der Waals surface area (Å²) >= 11 is 1.36. The molecule has 4 nitrogen and oxygen atoms in total. The minimum absolute atomic E-state index is 0.0804. The van der Waals surface area contributed by atoms with Crippen molar-refractivity contribution in [1.82, 2.24) is 5.32 Å². The van der Waals surface area contributed by atoms with E-state index in [1.54, 1.807) is 11.4 Å². The molecule has 5 heteroatoms. The van der Waals surface area contributed by atoms with Crippen LogP contribution in [0.3, 0.4) is 0 Å². The third kappa shape index (κ3) is 3.71. The van der Waals surface area contributed by atoms with E-state index in [4.69, 9.17) is 5.11 Å². The van der Waals surface area contributed by atoms with Gasteiger partial charge in [-0.25, -0.2) is 4.79 Å². The number of hydrogen-bond acceptors (Lipinski definition) is 3. The van der Waals surface area contributed by atoms with E-state index >= 15 is 0 Å². The van der Waals surface area contributed by atoms with Crippen LogP contribution in [-0.2, 0) is 4.79 Å². The Kier molecular flexibility index (Phi) is 3.58. The smallest absolute Gasteiger partial charge is 0.328 e. The first-order valence-electron chi connectivity index (χ1n) is 5.43. The molecule has 1 aliphatic carbocycles. The first kappa shape index (κ1) is 11.9. The summed E-state index contributed by atoms with van der Waals surface area (Å²) in [5.74, 6) is -0.412. The van der Waals surface area contributed by atoms with Gasteiger partial charge in [-0.3, -0.25) is 4.79 Å². The number of carboxylic acid groups (broad SMARTS) is 1. The average Bonchev–Trinajstić information content (AvgIpc) is 3.00. The van der Waals surface area contributed by atoms with Crippen LogP contribution >= 0.6 is 11.3 Å². The maximum absolute atomic E-state index is 11.7. The topological polar surface area (TPSA) is 66.4 Å². The molecule has 0 unspecified atom stereocenters. The first-order chi connectivity index (χ1) is 8.15. The van der Waals surface area contributed by atoms with Crippen molar-refractivity contribution < 1.29 is 14.7 Å². The summed E-state index contributed by atoms with van der Waals surface area (Å²) in [6.45, 7) is 0.745. The van der Waals surface area contributed by atoms with Crippen molar-refractivity contribution in [2.24, 2.45) is 5.92 Å². The summed E-state index contributed by atoms with van der Waals surface area (Å²) in [6.07, 6.45) is 4.97. The Labute approximate surface area is 103 Å². The van der Waals surface area contributed by atoms with Crippen LogP contribution in [0.25, 0.3) is 6.08 Å². The predicted molar refractivity (Wildman–Crippen MR) is 66.0 cm³/mol. The molecule has 1 saturated carbocycles. The highest BCUT2D eigenvalue weighted by Gasteiger charge is 2.21. The highest BCUT2D eigenvalue weighted by atomic mass is 32.1. The van der Waals surface area contributed by atoms with Crippen LogP contribution < -0.4 is 5.32 Å². The van der Waals surface area contributed by atoms with E-state index in [0.717, 1.165) is 17.5 Å². The molecule has 1 amide bonds. The van der Waals surface area contributed by atoms with E-state index in [1.165, 1.54) is 30.3 Å². The first-order valence-corrected chi connectivity index (χ1v) is 6.31. The molecule has 0 spiro atoms. The quantitative estimate of drug-likeness (QED) is 0.786. The molecule has 90 valence electrons. The van der Waals surface area contributed by atoms with Crippen LogP contribution in [0.5, 0.6) is 0 Å². The monoisotopic (exact) mass is 251 g/mol. The summed E-state index contributed by atoms with van der Waals surface area (Å²) in [6, 6.07) is 1.70. The van der Waals surface area contributed by atoms with E-state index < -0.39 is 5.97 Å². The van der Waals surface area contributed by atoms with Crippen molar-refractivity contribution in [3.63, 3.8) is 0 Å². The molecule has 0 aliphatic heterocycles. The van der Waals surface area contributed by atoms with Gasteiger partial charge in [0, 0.05) is 22.9 Å². The van der Waals surface area contributed by atoms with Crippen molar-refractivity contribution in [2.45, 2.75) is 12.8 Å². The molecule has 0 aromatic carbocycles. The second-order valence-corrected chi connectivity index (χ2v) is 5.01. The van der Waals surface area contributed by atoms with E-state index in [1.807, 2.05) is 0 Å². The summed E-state index contributed by atoms with van der Waals surface area (Å²) in [5.41, 5.74) is 0.598. The van der Waals surface area contributed by atoms with Gasteiger partial charge in [0.15, 0.2) is 0 Å². The fraction of sp³-hybridized carbons (Fsp3) is 0.333. The summed E-state index contributed by atoms with van der Waals surface area (Å²) in [5, 5.41) is 13.1. The minimum Gasteiger partial charge on any atom is -0.478 e. The van der Waals surface area contributed by atoms with Crippen molar-refractivity contribution in [3.05, 3.63) is 28.0 Å². The van der Waals surface area contributed by atoms with E-state index in [-0.39, 0.29) is 5.91 Å². The zero-order valence-electron chi connectivity index (χ0n) is 9.18. The summed E-state index contributed by atoms with van der Waals surface area (Å²) in [7, 11) is 0. The number of carbonyl (C=O) groups excluding carboxylic acids is 1. The number of hydrogen-bond donors (Lipinski definition) is 2. The minimum atomic E-state index is -0.988. The Morgan fingerprint density at radius 2 is 2.29 bits per heavy atom. The lowest BCUT2D eigenvalue weighted by Gasteiger charge is -2.00. The van der Waals surface area contributed by atoms with E-state index in [9.17, 15) is 9.59 Å². The van der Waals surface area contributed by atoms with Gasteiger partial charge < -0.3 is 10.4 Å². The Balaban J connectivity index is 1.91. The number of carbonyl (C=O) groups is 2. The maximum atomic E-state index is 11.7. The standard InChI is InChI=1S/C12H13NO3S/c14-11(15)4-3-10-5-9(7-17-10)12(16)13-6-8-1-2-8/h3-5,7-8H,1-2,6H2,(H,13,16)(H,14,15). The Hall–Kier alpha value is -1.62. The molecule has 1 aromatic heterocycles. The van der Waals surface area contributed by atoms with Crippen molar-refractivity contribution in [1.29, 1.82) is 0 Å². The van der Waals surface area contributed by atoms with E-state index in [2.05, 4.69) is 5.32 Å². The van der Waals surface area contributed by atoms with Gasteiger partial charge in [-0.1, -0.05) is 0 Å². The Bertz CT molecular complexity index is 460. The number of carboxylic acids is 1. The Morgan fingerprint density at radius 1 is 1.53 bits per heavy atom. The number of amides is 1. The molecule has 1 aromatic rings. The normalized spacial score (nSPS) is 15.1. The number of thiophene rings is 1. The zero-order valence-corrected chi connectivity index (χ0v) is 10.00.